The van der Waals surface area contributed by atoms with Crippen LogP contribution in [0.1, 0.15) is 21.7 Å². The molecule has 1 saturated heterocycles. The van der Waals surface area contributed by atoms with Crippen molar-refractivity contribution in [2.75, 3.05) is 31.1 Å². The second kappa shape index (κ2) is 7.72. The average molecular weight is 402 g/mol. The zero-order chi connectivity index (χ0) is 20.5. The number of fused-ring (bicyclic) bond motifs is 1. The summed E-state index contributed by atoms with van der Waals surface area (Å²) in [6.07, 6.45) is 3.13. The van der Waals surface area contributed by atoms with Crippen LogP contribution in [0, 0.1) is 0 Å². The number of aromatic hydroxyl groups is 1. The van der Waals surface area contributed by atoms with Gasteiger partial charge in [-0.25, -0.2) is 0 Å². The molecule has 6 heteroatoms. The summed E-state index contributed by atoms with van der Waals surface area (Å²) < 4.78 is 11.2. The van der Waals surface area contributed by atoms with E-state index < -0.39 is 0 Å². The van der Waals surface area contributed by atoms with Crippen LogP contribution in [0.5, 0.6) is 11.5 Å². The largest absolute Gasteiger partial charge is 0.507 e. The lowest BCUT2D eigenvalue weighted by molar-refractivity contribution is 0.101. The second-order valence-corrected chi connectivity index (χ2v) is 7.49. The molecule has 0 atom stereocenters. The third kappa shape index (κ3) is 3.46. The highest BCUT2D eigenvalue weighted by atomic mass is 16.5. The number of allylic oxidation sites excluding steroid dienone is 1. The van der Waals surface area contributed by atoms with Crippen molar-refractivity contribution in [2.24, 2.45) is 0 Å². The van der Waals surface area contributed by atoms with E-state index in [4.69, 9.17) is 9.15 Å². The topological polar surface area (TPSA) is 66.2 Å². The number of para-hydroxylation sites is 1. The molecule has 3 aromatic rings. The molecule has 1 fully saturated rings. The molecular weight excluding hydrogens is 380 g/mol. The van der Waals surface area contributed by atoms with Crippen molar-refractivity contribution < 1.29 is 19.1 Å². The number of ether oxygens (including phenoxy) is 1. The van der Waals surface area contributed by atoms with Gasteiger partial charge in [-0.2, -0.15) is 0 Å². The molecule has 0 amide bonds. The molecule has 1 aromatic heterocycles. The number of phenols is 1. The smallest absolute Gasteiger partial charge is 0.232 e. The number of benzene rings is 2. The van der Waals surface area contributed by atoms with Gasteiger partial charge in [0.1, 0.15) is 17.3 Å². The van der Waals surface area contributed by atoms with E-state index >= 15 is 0 Å². The molecule has 0 bridgehead atoms. The zero-order valence-corrected chi connectivity index (χ0v) is 16.5. The monoisotopic (exact) mass is 402 g/mol. The Morgan fingerprint density at radius 1 is 0.967 bits per heavy atom. The molecule has 152 valence electrons. The molecule has 0 radical (unpaired) electrons. The van der Waals surface area contributed by atoms with Crippen LogP contribution < -0.4 is 9.64 Å². The number of anilines is 1. The van der Waals surface area contributed by atoms with Crippen molar-refractivity contribution in [1.82, 2.24) is 4.90 Å². The van der Waals surface area contributed by atoms with Gasteiger partial charge in [-0.05, 0) is 36.4 Å². The van der Waals surface area contributed by atoms with Crippen LogP contribution >= 0.6 is 0 Å². The van der Waals surface area contributed by atoms with E-state index in [0.29, 0.717) is 29.2 Å². The first kappa shape index (κ1) is 18.5. The molecule has 3 heterocycles. The SMILES string of the molecule is O=C1/C(=C/c2ccco2)Oc2c1ccc(O)c2CN1CCN(c2ccccc2)CC1. The summed E-state index contributed by atoms with van der Waals surface area (Å²) in [5.74, 6) is 1.15. The number of carbonyl (C=O) groups excluding carboxylic acids is 1. The van der Waals surface area contributed by atoms with Crippen LogP contribution in [-0.2, 0) is 6.54 Å². The second-order valence-electron chi connectivity index (χ2n) is 7.49. The van der Waals surface area contributed by atoms with Crippen molar-refractivity contribution in [2.45, 2.75) is 6.54 Å². The standard InChI is InChI=1S/C24H22N2O4/c27-21-9-8-19-23(28)22(15-18-7-4-14-29-18)30-24(19)20(21)16-25-10-12-26(13-11-25)17-5-2-1-3-6-17/h1-9,14-15,27H,10-13,16H2/b22-15-. The molecule has 2 aromatic carbocycles. The highest BCUT2D eigenvalue weighted by molar-refractivity contribution is 6.14. The Labute approximate surface area is 174 Å². The summed E-state index contributed by atoms with van der Waals surface area (Å²) in [6.45, 7) is 4.06. The lowest BCUT2D eigenvalue weighted by Gasteiger charge is -2.36. The summed E-state index contributed by atoms with van der Waals surface area (Å²) in [5, 5.41) is 10.5. The van der Waals surface area contributed by atoms with Gasteiger partial charge in [-0.3, -0.25) is 9.69 Å². The van der Waals surface area contributed by atoms with Crippen LogP contribution in [0.4, 0.5) is 5.69 Å². The molecule has 0 saturated carbocycles. The van der Waals surface area contributed by atoms with E-state index in [1.165, 1.54) is 5.69 Å². The fourth-order valence-electron chi connectivity index (χ4n) is 3.98. The number of carbonyl (C=O) groups is 1. The summed E-state index contributed by atoms with van der Waals surface area (Å²) in [6, 6.07) is 17.1. The number of phenolic OH excluding ortho intramolecular Hbond substituents is 1. The minimum Gasteiger partial charge on any atom is -0.507 e. The summed E-state index contributed by atoms with van der Waals surface area (Å²) in [5.41, 5.74) is 2.35. The number of furan rings is 1. The van der Waals surface area contributed by atoms with Gasteiger partial charge in [0.2, 0.25) is 5.78 Å². The first-order valence-corrected chi connectivity index (χ1v) is 10.0. The molecule has 2 aliphatic rings. The molecule has 5 rings (SSSR count). The Bertz CT molecular complexity index is 1080. The van der Waals surface area contributed by atoms with Crippen LogP contribution in [0.3, 0.4) is 0 Å². The highest BCUT2D eigenvalue weighted by Crippen LogP contribution is 2.40. The molecule has 6 nitrogen and oxygen atoms in total. The number of piperazine rings is 1. The first-order valence-electron chi connectivity index (χ1n) is 10.0. The minimum absolute atomic E-state index is 0.145. The Hall–Kier alpha value is -3.51. The maximum atomic E-state index is 12.7. The Kier molecular flexibility index (Phi) is 4.77. The maximum absolute atomic E-state index is 12.7. The van der Waals surface area contributed by atoms with Gasteiger partial charge in [0.15, 0.2) is 5.76 Å². The van der Waals surface area contributed by atoms with Crippen LogP contribution in [0.2, 0.25) is 0 Å². The molecule has 0 aliphatic carbocycles. The quantitative estimate of drug-likeness (QED) is 0.667. The Balaban J connectivity index is 1.33. The molecule has 30 heavy (non-hydrogen) atoms. The van der Waals surface area contributed by atoms with E-state index in [-0.39, 0.29) is 17.3 Å². The van der Waals surface area contributed by atoms with E-state index in [2.05, 4.69) is 34.1 Å². The lowest BCUT2D eigenvalue weighted by atomic mass is 10.0. The Morgan fingerprint density at radius 2 is 1.77 bits per heavy atom. The number of rotatable bonds is 4. The van der Waals surface area contributed by atoms with Gasteiger partial charge in [0.25, 0.3) is 0 Å². The van der Waals surface area contributed by atoms with Gasteiger partial charge < -0.3 is 19.2 Å². The van der Waals surface area contributed by atoms with E-state index in [0.717, 1.165) is 26.2 Å². The number of hydrogen-bond acceptors (Lipinski definition) is 6. The molecule has 2 aliphatic heterocycles. The number of Topliss-reactive ketones (excluding diaryl/α,β-unsaturated/α-hetero) is 1. The summed E-state index contributed by atoms with van der Waals surface area (Å²) in [7, 11) is 0. The lowest BCUT2D eigenvalue weighted by Crippen LogP contribution is -2.46. The predicted octanol–water partition coefficient (Wildman–Crippen LogP) is 3.92. The third-order valence-corrected chi connectivity index (χ3v) is 5.61. The van der Waals surface area contributed by atoms with Gasteiger partial charge >= 0.3 is 0 Å². The van der Waals surface area contributed by atoms with Crippen molar-refractivity contribution >= 4 is 17.5 Å². The molecular formula is C24H22N2O4. The Morgan fingerprint density at radius 3 is 2.50 bits per heavy atom. The summed E-state index contributed by atoms with van der Waals surface area (Å²) >= 11 is 0. The third-order valence-electron chi connectivity index (χ3n) is 5.61. The highest BCUT2D eigenvalue weighted by Gasteiger charge is 2.32. The van der Waals surface area contributed by atoms with Gasteiger partial charge in [0, 0.05) is 44.5 Å². The summed E-state index contributed by atoms with van der Waals surface area (Å²) in [4.78, 5) is 17.4. The van der Waals surface area contributed by atoms with Crippen molar-refractivity contribution in [3.8, 4) is 11.5 Å². The normalized spacial score (nSPS) is 17.9. The van der Waals surface area contributed by atoms with Crippen LogP contribution in [0.25, 0.3) is 6.08 Å². The number of nitrogens with zero attached hydrogens (tertiary/aromatic N) is 2. The van der Waals surface area contributed by atoms with Crippen LogP contribution in [0.15, 0.2) is 71.0 Å². The average Bonchev–Trinajstić information content (AvgIpc) is 3.40. The maximum Gasteiger partial charge on any atom is 0.232 e. The van der Waals surface area contributed by atoms with Gasteiger partial charge in [-0.1, -0.05) is 18.2 Å². The fraction of sp³-hybridized carbons (Fsp3) is 0.208. The van der Waals surface area contributed by atoms with Gasteiger partial charge in [-0.15, -0.1) is 0 Å². The van der Waals surface area contributed by atoms with E-state index in [1.807, 2.05) is 6.07 Å². The predicted molar refractivity (Wildman–Crippen MR) is 114 cm³/mol. The van der Waals surface area contributed by atoms with Gasteiger partial charge in [0.05, 0.1) is 17.4 Å². The van der Waals surface area contributed by atoms with Crippen molar-refractivity contribution in [1.29, 1.82) is 0 Å². The molecule has 1 N–H and O–H groups in total. The number of hydrogen-bond donors (Lipinski definition) is 1. The fourth-order valence-corrected chi connectivity index (χ4v) is 3.98. The minimum atomic E-state index is -0.198. The molecule has 0 spiro atoms. The number of ketones is 1. The van der Waals surface area contributed by atoms with Crippen molar-refractivity contribution in [3.05, 3.63) is 83.5 Å². The van der Waals surface area contributed by atoms with E-state index in [1.54, 1.807) is 36.6 Å². The van der Waals surface area contributed by atoms with E-state index in [9.17, 15) is 9.90 Å². The first-order chi connectivity index (χ1) is 14.7. The van der Waals surface area contributed by atoms with Crippen LogP contribution in [-0.4, -0.2) is 42.0 Å². The zero-order valence-electron chi connectivity index (χ0n) is 16.5. The molecule has 0 unspecified atom stereocenters. The van der Waals surface area contributed by atoms with Crippen molar-refractivity contribution in [3.63, 3.8) is 0 Å².